The molecule has 2 aromatic rings. The van der Waals surface area contributed by atoms with E-state index in [-0.39, 0.29) is 23.9 Å². The molecule has 9 nitrogen and oxygen atoms in total. The van der Waals surface area contributed by atoms with E-state index in [1.165, 1.54) is 21.3 Å². The number of carbonyl (C=O) groups is 2. The first kappa shape index (κ1) is 22.7. The number of morpholine rings is 1. The average Bonchev–Trinajstić information content (AvgIpc) is 2.78. The van der Waals surface area contributed by atoms with Gasteiger partial charge in [-0.3, -0.25) is 4.79 Å². The van der Waals surface area contributed by atoms with Crippen molar-refractivity contribution >= 4 is 27.6 Å². The molecule has 3 rings (SSSR count). The Balaban J connectivity index is 1.75. The monoisotopic (exact) mass is 446 g/mol. The van der Waals surface area contributed by atoms with Crippen LogP contribution in [0.15, 0.2) is 59.5 Å². The Morgan fingerprint density at radius 2 is 1.71 bits per heavy atom. The topological polar surface area (TPSA) is 108 Å². The molecule has 166 valence electrons. The molecule has 1 heterocycles. The molecule has 2 aromatic carbocycles. The van der Waals surface area contributed by atoms with Crippen molar-refractivity contribution in [3.8, 4) is 0 Å². The number of rotatable bonds is 6. The first-order valence-corrected chi connectivity index (χ1v) is 11.2. The van der Waals surface area contributed by atoms with Crippen LogP contribution < -0.4 is 10.6 Å². The van der Waals surface area contributed by atoms with Gasteiger partial charge in [0.05, 0.1) is 18.1 Å². The lowest BCUT2D eigenvalue weighted by Gasteiger charge is -2.26. The molecular weight excluding hydrogens is 420 g/mol. The summed E-state index contributed by atoms with van der Waals surface area (Å²) < 4.78 is 32.3. The normalized spacial score (nSPS) is 15.7. The van der Waals surface area contributed by atoms with Crippen LogP contribution in [-0.4, -0.2) is 70.0 Å². The van der Waals surface area contributed by atoms with Crippen molar-refractivity contribution in [2.75, 3.05) is 45.7 Å². The maximum absolute atomic E-state index is 12.8. The van der Waals surface area contributed by atoms with Crippen molar-refractivity contribution in [1.29, 1.82) is 0 Å². The summed E-state index contributed by atoms with van der Waals surface area (Å²) in [6, 6.07) is 13.4. The number of hydrogen-bond acceptors (Lipinski definition) is 5. The van der Waals surface area contributed by atoms with E-state index in [1.807, 2.05) is 6.07 Å². The number of urea groups is 1. The highest BCUT2D eigenvalue weighted by atomic mass is 32.2. The van der Waals surface area contributed by atoms with Gasteiger partial charge in [0.1, 0.15) is 6.04 Å². The van der Waals surface area contributed by atoms with Gasteiger partial charge in [0.15, 0.2) is 0 Å². The molecule has 0 saturated carbocycles. The molecule has 1 fully saturated rings. The van der Waals surface area contributed by atoms with Gasteiger partial charge in [0.2, 0.25) is 15.9 Å². The van der Waals surface area contributed by atoms with Crippen molar-refractivity contribution in [3.05, 3.63) is 60.2 Å². The minimum atomic E-state index is -3.69. The van der Waals surface area contributed by atoms with E-state index in [9.17, 15) is 18.0 Å². The van der Waals surface area contributed by atoms with Gasteiger partial charge in [-0.25, -0.2) is 13.2 Å². The van der Waals surface area contributed by atoms with Crippen molar-refractivity contribution in [2.24, 2.45) is 0 Å². The van der Waals surface area contributed by atoms with Gasteiger partial charge >= 0.3 is 6.03 Å². The molecule has 0 bridgehead atoms. The van der Waals surface area contributed by atoms with Crippen LogP contribution in [-0.2, 0) is 19.6 Å². The van der Waals surface area contributed by atoms with Crippen LogP contribution in [0, 0.1) is 0 Å². The minimum absolute atomic E-state index is 0.0798. The second-order valence-electron chi connectivity index (χ2n) is 7.22. The molecule has 0 aromatic heterocycles. The molecule has 0 unspecified atom stereocenters. The fourth-order valence-corrected chi connectivity index (χ4v) is 4.61. The molecule has 2 N–H and O–H groups in total. The van der Waals surface area contributed by atoms with Crippen molar-refractivity contribution < 1.29 is 22.7 Å². The van der Waals surface area contributed by atoms with Gasteiger partial charge in [0, 0.05) is 32.9 Å². The molecule has 1 atom stereocenters. The molecule has 1 aliphatic rings. The van der Waals surface area contributed by atoms with Crippen LogP contribution in [0.2, 0.25) is 0 Å². The van der Waals surface area contributed by atoms with E-state index in [1.54, 1.807) is 50.5 Å². The van der Waals surface area contributed by atoms with E-state index in [0.717, 1.165) is 0 Å². The van der Waals surface area contributed by atoms with Gasteiger partial charge < -0.3 is 20.3 Å². The second-order valence-corrected chi connectivity index (χ2v) is 9.16. The van der Waals surface area contributed by atoms with Crippen LogP contribution >= 0.6 is 0 Å². The maximum Gasteiger partial charge on any atom is 0.320 e. The zero-order chi connectivity index (χ0) is 22.4. The Morgan fingerprint density at radius 1 is 1.03 bits per heavy atom. The molecule has 0 aliphatic carbocycles. The third kappa shape index (κ3) is 5.60. The van der Waals surface area contributed by atoms with Gasteiger partial charge in [-0.05, 0) is 23.8 Å². The SMILES string of the molecule is CN(C)C(=O)[C@H](NC(=O)Nc1cccc(S(=O)(=O)N2CCOCC2)c1)c1ccccc1. The highest BCUT2D eigenvalue weighted by molar-refractivity contribution is 7.89. The number of likely N-dealkylation sites (N-methyl/N-ethyl adjacent to an activating group) is 1. The first-order chi connectivity index (χ1) is 14.8. The summed E-state index contributed by atoms with van der Waals surface area (Å²) >= 11 is 0. The van der Waals surface area contributed by atoms with E-state index < -0.39 is 22.1 Å². The summed E-state index contributed by atoms with van der Waals surface area (Å²) in [5.74, 6) is -0.287. The van der Waals surface area contributed by atoms with Crippen LogP contribution in [0.3, 0.4) is 0 Å². The number of nitrogens with zero attached hydrogens (tertiary/aromatic N) is 2. The molecule has 3 amide bonds. The van der Waals surface area contributed by atoms with Gasteiger partial charge in [-0.15, -0.1) is 0 Å². The third-order valence-electron chi connectivity index (χ3n) is 4.80. The predicted molar refractivity (Wildman–Crippen MR) is 116 cm³/mol. The number of amides is 3. The Hall–Kier alpha value is -2.95. The lowest BCUT2D eigenvalue weighted by molar-refractivity contribution is -0.130. The van der Waals surface area contributed by atoms with E-state index >= 15 is 0 Å². The average molecular weight is 447 g/mol. The summed E-state index contributed by atoms with van der Waals surface area (Å²) in [6.45, 7) is 1.26. The number of nitrogens with one attached hydrogen (secondary N) is 2. The van der Waals surface area contributed by atoms with Gasteiger partial charge in [-0.1, -0.05) is 36.4 Å². The molecule has 31 heavy (non-hydrogen) atoms. The number of carbonyl (C=O) groups excluding carboxylic acids is 2. The first-order valence-electron chi connectivity index (χ1n) is 9.80. The summed E-state index contributed by atoms with van der Waals surface area (Å²) in [5.41, 5.74) is 0.941. The van der Waals surface area contributed by atoms with Gasteiger partial charge in [-0.2, -0.15) is 4.31 Å². The number of ether oxygens (including phenoxy) is 1. The Labute approximate surface area is 182 Å². The largest absolute Gasteiger partial charge is 0.379 e. The molecule has 1 saturated heterocycles. The zero-order valence-electron chi connectivity index (χ0n) is 17.4. The second kappa shape index (κ2) is 9.90. The van der Waals surface area contributed by atoms with Gasteiger partial charge in [0.25, 0.3) is 0 Å². The van der Waals surface area contributed by atoms with Crippen LogP contribution in [0.25, 0.3) is 0 Å². The van der Waals surface area contributed by atoms with Crippen molar-refractivity contribution in [2.45, 2.75) is 10.9 Å². The smallest absolute Gasteiger partial charge is 0.320 e. The molecule has 10 heteroatoms. The lowest BCUT2D eigenvalue weighted by atomic mass is 10.1. The quantitative estimate of drug-likeness (QED) is 0.702. The summed E-state index contributed by atoms with van der Waals surface area (Å²) in [4.78, 5) is 26.7. The van der Waals surface area contributed by atoms with Crippen LogP contribution in [0.4, 0.5) is 10.5 Å². The predicted octanol–water partition coefficient (Wildman–Crippen LogP) is 1.66. The Morgan fingerprint density at radius 3 is 2.35 bits per heavy atom. The summed E-state index contributed by atoms with van der Waals surface area (Å²) in [5, 5.41) is 5.29. The highest BCUT2D eigenvalue weighted by Gasteiger charge is 2.27. The molecule has 0 spiro atoms. The standard InChI is InChI=1S/C21H26N4O5S/c1-24(2)20(26)19(16-7-4-3-5-8-16)23-21(27)22-17-9-6-10-18(15-17)31(28,29)25-11-13-30-14-12-25/h3-10,15,19H,11-14H2,1-2H3,(H2,22,23,27)/t19-/m1/s1. The summed E-state index contributed by atoms with van der Waals surface area (Å²) in [7, 11) is -0.472. The third-order valence-corrected chi connectivity index (χ3v) is 6.69. The van der Waals surface area contributed by atoms with Crippen LogP contribution in [0.1, 0.15) is 11.6 Å². The highest BCUT2D eigenvalue weighted by Crippen LogP contribution is 2.21. The number of sulfonamides is 1. The Bertz CT molecular complexity index is 1020. The number of hydrogen-bond donors (Lipinski definition) is 2. The van der Waals surface area contributed by atoms with E-state index in [2.05, 4.69) is 10.6 Å². The number of benzene rings is 2. The van der Waals surface area contributed by atoms with E-state index in [4.69, 9.17) is 4.74 Å². The maximum atomic E-state index is 12.8. The van der Waals surface area contributed by atoms with Crippen molar-refractivity contribution in [1.82, 2.24) is 14.5 Å². The molecule has 0 radical (unpaired) electrons. The molecule has 1 aliphatic heterocycles. The Kier molecular flexibility index (Phi) is 7.26. The fraction of sp³-hybridized carbons (Fsp3) is 0.333. The van der Waals surface area contributed by atoms with Crippen LogP contribution in [0.5, 0.6) is 0 Å². The fourth-order valence-electron chi connectivity index (χ4n) is 3.16. The van der Waals surface area contributed by atoms with E-state index in [0.29, 0.717) is 24.5 Å². The summed E-state index contributed by atoms with van der Waals surface area (Å²) in [6.07, 6.45) is 0. The minimum Gasteiger partial charge on any atom is -0.379 e. The zero-order valence-corrected chi connectivity index (χ0v) is 18.3. The van der Waals surface area contributed by atoms with Crippen molar-refractivity contribution in [3.63, 3.8) is 0 Å². The molecular formula is C21H26N4O5S. The number of anilines is 1. The lowest BCUT2D eigenvalue weighted by Crippen LogP contribution is -2.41.